The largest absolute Gasteiger partial charge is 0.394 e. The smallest absolute Gasteiger partial charge is 0.231 e. The van der Waals surface area contributed by atoms with Gasteiger partial charge < -0.3 is 20.6 Å². The summed E-state index contributed by atoms with van der Waals surface area (Å²) in [5, 5.41) is 15.6. The van der Waals surface area contributed by atoms with Crippen molar-refractivity contribution in [2.45, 2.75) is 38.6 Å². The van der Waals surface area contributed by atoms with Crippen LogP contribution in [-0.4, -0.2) is 52.3 Å². The average molecular weight is 306 g/mol. The molecule has 1 aromatic heterocycles. The highest BCUT2D eigenvalue weighted by Gasteiger charge is 2.17. The Kier molecular flexibility index (Phi) is 6.39. The van der Waals surface area contributed by atoms with Gasteiger partial charge in [-0.3, -0.25) is 0 Å². The van der Waals surface area contributed by atoms with E-state index in [1.54, 1.807) is 6.08 Å². The predicted molar refractivity (Wildman–Crippen MR) is 89.4 cm³/mol. The quantitative estimate of drug-likeness (QED) is 0.629. The molecular weight excluding hydrogens is 280 g/mol. The van der Waals surface area contributed by atoms with Crippen LogP contribution >= 0.6 is 0 Å². The van der Waals surface area contributed by atoms with Crippen LogP contribution in [0.2, 0.25) is 0 Å². The lowest BCUT2D eigenvalue weighted by atomic mass is 10.1. The maximum absolute atomic E-state index is 9.34. The lowest BCUT2D eigenvalue weighted by Crippen LogP contribution is -2.32. The second-order valence-corrected chi connectivity index (χ2v) is 5.43. The Bertz CT molecular complexity index is 471. The average Bonchev–Trinajstić information content (AvgIpc) is 2.58. The number of hydrogen-bond acceptors (Lipinski definition) is 7. The van der Waals surface area contributed by atoms with Crippen molar-refractivity contribution in [1.29, 1.82) is 0 Å². The van der Waals surface area contributed by atoms with Crippen LogP contribution in [0, 0.1) is 0 Å². The molecule has 7 nitrogen and oxygen atoms in total. The summed E-state index contributed by atoms with van der Waals surface area (Å²) < 4.78 is 0. The van der Waals surface area contributed by atoms with Gasteiger partial charge in [-0.15, -0.1) is 6.58 Å². The molecule has 122 valence electrons. The lowest BCUT2D eigenvalue weighted by molar-refractivity contribution is 0.271. The van der Waals surface area contributed by atoms with Crippen molar-refractivity contribution >= 4 is 17.8 Å². The Morgan fingerprint density at radius 2 is 1.95 bits per heavy atom. The number of aliphatic hydroxyl groups excluding tert-OH is 1. The molecule has 0 aromatic carbocycles. The summed E-state index contributed by atoms with van der Waals surface area (Å²) in [5.74, 6) is 1.73. The van der Waals surface area contributed by atoms with E-state index in [4.69, 9.17) is 0 Å². The van der Waals surface area contributed by atoms with Gasteiger partial charge in [0.25, 0.3) is 0 Å². The summed E-state index contributed by atoms with van der Waals surface area (Å²) in [4.78, 5) is 15.6. The molecule has 1 saturated heterocycles. The summed E-state index contributed by atoms with van der Waals surface area (Å²) in [6, 6.07) is -0.0520. The molecule has 0 unspecified atom stereocenters. The summed E-state index contributed by atoms with van der Waals surface area (Å²) >= 11 is 0. The zero-order valence-corrected chi connectivity index (χ0v) is 13.3. The normalized spacial score (nSPS) is 16.2. The Hall–Kier alpha value is -1.89. The van der Waals surface area contributed by atoms with Gasteiger partial charge >= 0.3 is 0 Å². The number of aromatic nitrogens is 3. The van der Waals surface area contributed by atoms with Gasteiger partial charge in [0.15, 0.2) is 0 Å². The van der Waals surface area contributed by atoms with E-state index in [2.05, 4.69) is 37.1 Å². The fraction of sp³-hybridized carbons (Fsp3) is 0.667. The molecule has 1 fully saturated rings. The minimum absolute atomic E-state index is 0.0520. The van der Waals surface area contributed by atoms with Crippen LogP contribution in [0.15, 0.2) is 12.7 Å². The predicted octanol–water partition coefficient (Wildman–Crippen LogP) is 1.64. The zero-order valence-electron chi connectivity index (χ0n) is 13.3. The highest BCUT2D eigenvalue weighted by Crippen LogP contribution is 2.19. The van der Waals surface area contributed by atoms with E-state index in [1.807, 2.05) is 6.92 Å². The van der Waals surface area contributed by atoms with Crippen LogP contribution in [0.3, 0.4) is 0 Å². The molecule has 0 aliphatic carbocycles. The van der Waals surface area contributed by atoms with E-state index in [0.29, 0.717) is 24.4 Å². The minimum atomic E-state index is -0.0520. The van der Waals surface area contributed by atoms with E-state index in [0.717, 1.165) is 32.4 Å². The van der Waals surface area contributed by atoms with Gasteiger partial charge in [-0.2, -0.15) is 15.0 Å². The first-order valence-electron chi connectivity index (χ1n) is 8.00. The molecule has 1 aliphatic rings. The van der Waals surface area contributed by atoms with Crippen molar-refractivity contribution in [3.63, 3.8) is 0 Å². The van der Waals surface area contributed by atoms with E-state index >= 15 is 0 Å². The molecule has 0 spiro atoms. The fourth-order valence-corrected chi connectivity index (χ4v) is 2.37. The molecule has 0 radical (unpaired) electrons. The van der Waals surface area contributed by atoms with E-state index in [1.165, 1.54) is 6.42 Å². The van der Waals surface area contributed by atoms with E-state index in [9.17, 15) is 5.11 Å². The number of anilines is 3. The maximum atomic E-state index is 9.34. The van der Waals surface area contributed by atoms with Gasteiger partial charge in [0, 0.05) is 19.6 Å². The number of aliphatic hydroxyl groups is 1. The Balaban J connectivity index is 2.20. The van der Waals surface area contributed by atoms with Crippen molar-refractivity contribution in [1.82, 2.24) is 15.0 Å². The number of hydrogen-bond donors (Lipinski definition) is 3. The van der Waals surface area contributed by atoms with Crippen molar-refractivity contribution in [3.05, 3.63) is 12.7 Å². The molecule has 1 aromatic rings. The van der Waals surface area contributed by atoms with Crippen LogP contribution in [-0.2, 0) is 0 Å². The van der Waals surface area contributed by atoms with Crippen LogP contribution in [0.4, 0.5) is 17.8 Å². The Labute approximate surface area is 131 Å². The zero-order chi connectivity index (χ0) is 15.8. The van der Waals surface area contributed by atoms with Crippen molar-refractivity contribution in [3.8, 4) is 0 Å². The van der Waals surface area contributed by atoms with Gasteiger partial charge in [-0.25, -0.2) is 0 Å². The third kappa shape index (κ3) is 4.56. The highest BCUT2D eigenvalue weighted by molar-refractivity contribution is 5.44. The molecule has 2 heterocycles. The minimum Gasteiger partial charge on any atom is -0.394 e. The summed E-state index contributed by atoms with van der Waals surface area (Å²) in [6.07, 6.45) is 6.16. The van der Waals surface area contributed by atoms with Gasteiger partial charge in [0.1, 0.15) is 0 Å². The molecule has 0 saturated carbocycles. The molecule has 22 heavy (non-hydrogen) atoms. The Morgan fingerprint density at radius 3 is 2.59 bits per heavy atom. The fourth-order valence-electron chi connectivity index (χ4n) is 2.37. The molecule has 3 N–H and O–H groups in total. The topological polar surface area (TPSA) is 86.2 Å². The van der Waals surface area contributed by atoms with Crippen molar-refractivity contribution in [2.24, 2.45) is 0 Å². The number of nitrogens with zero attached hydrogens (tertiary/aromatic N) is 4. The SMILES string of the molecule is C=CCNc1nc(N[C@H](CC)CO)nc(N2CCCCC2)n1. The highest BCUT2D eigenvalue weighted by atomic mass is 16.3. The summed E-state index contributed by atoms with van der Waals surface area (Å²) in [6.45, 7) is 8.30. The van der Waals surface area contributed by atoms with Crippen molar-refractivity contribution < 1.29 is 5.11 Å². The molecular formula is C15H26N6O. The lowest BCUT2D eigenvalue weighted by Gasteiger charge is -2.27. The van der Waals surface area contributed by atoms with Gasteiger partial charge in [-0.1, -0.05) is 13.0 Å². The summed E-state index contributed by atoms with van der Waals surface area (Å²) in [5.41, 5.74) is 0. The first-order valence-corrected chi connectivity index (χ1v) is 8.00. The van der Waals surface area contributed by atoms with Crippen LogP contribution < -0.4 is 15.5 Å². The molecule has 1 atom stereocenters. The third-order valence-electron chi connectivity index (χ3n) is 3.71. The first kappa shape index (κ1) is 16.5. The van der Waals surface area contributed by atoms with Crippen LogP contribution in [0.1, 0.15) is 32.6 Å². The second-order valence-electron chi connectivity index (χ2n) is 5.43. The van der Waals surface area contributed by atoms with Crippen LogP contribution in [0.5, 0.6) is 0 Å². The molecule has 7 heteroatoms. The van der Waals surface area contributed by atoms with Gasteiger partial charge in [0.2, 0.25) is 17.8 Å². The Morgan fingerprint density at radius 1 is 1.23 bits per heavy atom. The van der Waals surface area contributed by atoms with Crippen molar-refractivity contribution in [2.75, 3.05) is 41.8 Å². The number of piperidine rings is 1. The van der Waals surface area contributed by atoms with Crippen LogP contribution in [0.25, 0.3) is 0 Å². The maximum Gasteiger partial charge on any atom is 0.231 e. The van der Waals surface area contributed by atoms with Gasteiger partial charge in [-0.05, 0) is 25.7 Å². The van der Waals surface area contributed by atoms with E-state index in [-0.39, 0.29) is 12.6 Å². The first-order chi connectivity index (χ1) is 10.8. The second kappa shape index (κ2) is 8.53. The van der Waals surface area contributed by atoms with E-state index < -0.39 is 0 Å². The monoisotopic (exact) mass is 306 g/mol. The molecule has 0 bridgehead atoms. The van der Waals surface area contributed by atoms with Gasteiger partial charge in [0.05, 0.1) is 12.6 Å². The standard InChI is InChI=1S/C15H26N6O/c1-3-8-16-13-18-14(17-12(4-2)11-22)20-15(19-13)21-9-6-5-7-10-21/h3,12,22H,1,4-11H2,2H3,(H2,16,17,18,19,20)/t12-/m1/s1. The number of nitrogens with one attached hydrogen (secondary N) is 2. The molecule has 1 aliphatic heterocycles. The number of rotatable bonds is 8. The third-order valence-corrected chi connectivity index (χ3v) is 3.71. The molecule has 0 amide bonds. The summed E-state index contributed by atoms with van der Waals surface area (Å²) in [7, 11) is 0. The molecule has 2 rings (SSSR count).